The number of carbonyl (C=O) groups is 3. The molecular weight excluding hydrogens is 778 g/mol. The predicted molar refractivity (Wildman–Crippen MR) is 215 cm³/mol. The number of aryl methyl sites for hydroxylation is 1. The van der Waals surface area contributed by atoms with Crippen molar-refractivity contribution in [2.24, 2.45) is 28.6 Å². The molecule has 2 aromatic heterocycles. The number of anilines is 1. The molecule has 0 radical (unpaired) electrons. The van der Waals surface area contributed by atoms with Gasteiger partial charge < -0.3 is 38.0 Å². The van der Waals surface area contributed by atoms with E-state index in [2.05, 4.69) is 11.8 Å². The number of hydrogen-bond donors (Lipinski definition) is 2. The molecule has 60 heavy (non-hydrogen) atoms. The summed E-state index contributed by atoms with van der Waals surface area (Å²) in [6, 6.07) is 0.947. The quantitative estimate of drug-likeness (QED) is 0.282. The van der Waals surface area contributed by atoms with Gasteiger partial charge in [0, 0.05) is 54.7 Å². The summed E-state index contributed by atoms with van der Waals surface area (Å²) >= 11 is 0. The van der Waals surface area contributed by atoms with Crippen LogP contribution < -0.4 is 20.9 Å². The van der Waals surface area contributed by atoms with Crippen molar-refractivity contribution in [3.8, 4) is 5.75 Å². The number of methoxy groups -OCH3 is 1. The molecule has 0 spiro atoms. The van der Waals surface area contributed by atoms with Crippen molar-refractivity contribution in [1.82, 2.24) is 9.47 Å². The smallest absolute Gasteiger partial charge is 0.492 e. The Morgan fingerprint density at radius 2 is 1.85 bits per heavy atom. The Morgan fingerprint density at radius 1 is 1.08 bits per heavy atom. The monoisotopic (exact) mass is 829 g/mol. The number of rotatable bonds is 9. The molecule has 6 aliphatic rings. The molecule has 8 atom stereocenters. The first-order valence-electron chi connectivity index (χ1n) is 21.1. The van der Waals surface area contributed by atoms with Crippen LogP contribution in [0.15, 0.2) is 54.5 Å². The molecule has 5 fully saturated rings. The molecule has 14 nitrogen and oxygen atoms in total. The Kier molecular flexibility index (Phi) is 9.71. The average Bonchev–Trinajstić information content (AvgIpc) is 3.94. The number of nitrogens with zero attached hydrogens (tertiary/aromatic N) is 3. The maximum Gasteiger partial charge on any atom is 0.519 e. The summed E-state index contributed by atoms with van der Waals surface area (Å²) in [6.07, 6.45) is 9.45. The minimum absolute atomic E-state index is 0.00462. The summed E-state index contributed by atoms with van der Waals surface area (Å²) < 4.78 is 39.8. The number of piperazine rings is 1. The van der Waals surface area contributed by atoms with Gasteiger partial charge in [-0.15, -0.1) is 0 Å². The normalized spacial score (nSPS) is 32.7. The molecule has 0 bridgehead atoms. The molecule has 0 amide bonds. The Balaban J connectivity index is 0.950. The fraction of sp³-hybridized carbons (Fsp3) is 0.578. The van der Waals surface area contributed by atoms with E-state index < -0.39 is 58.0 Å². The molecule has 2 N–H and O–H groups in total. The topological polar surface area (TPSA) is 182 Å². The first kappa shape index (κ1) is 40.5. The summed E-state index contributed by atoms with van der Waals surface area (Å²) in [5.74, 6) is -2.56. The number of ketones is 2. The predicted octanol–water partition coefficient (Wildman–Crippen LogP) is 4.79. The fourth-order valence-corrected chi connectivity index (χ4v) is 12.0. The number of aliphatic hydroxyl groups excluding tert-OH is 1. The molecule has 3 aromatic rings. The lowest BCUT2D eigenvalue weighted by Crippen LogP contribution is -2.61. The number of benzene rings is 1. The number of allylic oxidation sites excluding steroid dienone is 4. The van der Waals surface area contributed by atoms with E-state index in [1.165, 1.54) is 13.3 Å². The molecule has 1 saturated heterocycles. The Bertz CT molecular complexity index is 2500. The second-order valence-corrected chi connectivity index (χ2v) is 18.5. The minimum Gasteiger partial charge on any atom is -0.492 e. The van der Waals surface area contributed by atoms with E-state index >= 15 is 4.39 Å². The average molecular weight is 830 g/mol. The van der Waals surface area contributed by atoms with Crippen LogP contribution in [0.2, 0.25) is 0 Å². The minimum atomic E-state index is -1.89. The maximum atomic E-state index is 16.4. The highest BCUT2D eigenvalue weighted by Crippen LogP contribution is 2.67. The van der Waals surface area contributed by atoms with Crippen LogP contribution in [0, 0.1) is 41.3 Å². The van der Waals surface area contributed by atoms with Crippen LogP contribution in [0.1, 0.15) is 93.6 Å². The Labute approximate surface area is 345 Å². The highest BCUT2D eigenvalue weighted by Gasteiger charge is 2.68. The van der Waals surface area contributed by atoms with Gasteiger partial charge in [0.2, 0.25) is 11.2 Å². The number of hydrogen-bond acceptors (Lipinski definition) is 13. The molecule has 9 rings (SSSR count). The molecule has 4 saturated carbocycles. The number of fused-ring (bicyclic) bond motifs is 6. The first-order valence-corrected chi connectivity index (χ1v) is 21.1. The third-order valence-electron chi connectivity index (χ3n) is 15.3. The molecule has 3 heterocycles. The number of carbonyl (C=O) groups excluding carboxylic acids is 3. The van der Waals surface area contributed by atoms with Crippen LogP contribution >= 0.6 is 0 Å². The summed E-state index contributed by atoms with van der Waals surface area (Å²) in [5.41, 5.74) is -2.98. The lowest BCUT2D eigenvalue weighted by molar-refractivity contribution is -0.178. The summed E-state index contributed by atoms with van der Waals surface area (Å²) in [6.45, 7) is 8.41. The van der Waals surface area contributed by atoms with E-state index in [-0.39, 0.29) is 70.8 Å². The third kappa shape index (κ3) is 6.16. The van der Waals surface area contributed by atoms with Crippen molar-refractivity contribution >= 4 is 34.1 Å². The number of esters is 1. The van der Waals surface area contributed by atoms with E-state index in [1.807, 2.05) is 24.8 Å². The lowest BCUT2D eigenvalue weighted by atomic mass is 9.46. The zero-order valence-corrected chi connectivity index (χ0v) is 34.6. The molecule has 1 aromatic carbocycles. The van der Waals surface area contributed by atoms with Crippen LogP contribution in [0.3, 0.4) is 0 Å². The second-order valence-electron chi connectivity index (χ2n) is 18.5. The standard InChI is InChI=1S/C45H52FN3O11/c1-23-19-48(15-14-47(23)21-34-24(2)59-42(55)60-34)38-32(46)17-29-37(40(38)57-5)49(26-7-8-26)20-30(39(29)53)41(54)58-22-35(52)45(56)13-11-31-28-9-6-25-16-27(50)10-12-43(25,3)36(28)33(51)18-44(31,45)4/h10,12,16-17,20,23,26,28,31,33,36,51,56H,6-9,11,13-15,18-19,21-22H2,1-5H3. The molecule has 15 heteroatoms. The highest BCUT2D eigenvalue weighted by atomic mass is 19.1. The van der Waals surface area contributed by atoms with Gasteiger partial charge in [-0.3, -0.25) is 19.3 Å². The van der Waals surface area contributed by atoms with E-state index in [0.29, 0.717) is 56.1 Å². The van der Waals surface area contributed by atoms with E-state index in [9.17, 15) is 34.2 Å². The van der Waals surface area contributed by atoms with Crippen LogP contribution in [0.5, 0.6) is 5.75 Å². The van der Waals surface area contributed by atoms with Crippen molar-refractivity contribution < 1.29 is 47.3 Å². The summed E-state index contributed by atoms with van der Waals surface area (Å²) in [7, 11) is 1.42. The number of aromatic nitrogens is 1. The maximum absolute atomic E-state index is 16.4. The Morgan fingerprint density at radius 3 is 2.53 bits per heavy atom. The summed E-state index contributed by atoms with van der Waals surface area (Å²) in [5, 5.41) is 23.9. The first-order chi connectivity index (χ1) is 28.5. The summed E-state index contributed by atoms with van der Waals surface area (Å²) in [4.78, 5) is 69.7. The number of Topliss-reactive ketones (excluding diaryl/α,β-unsaturated/α-hetero) is 1. The van der Waals surface area contributed by atoms with Crippen molar-refractivity contribution in [3.63, 3.8) is 0 Å². The Hall–Kier alpha value is -4.86. The van der Waals surface area contributed by atoms with Gasteiger partial charge in [0.25, 0.3) is 0 Å². The fourth-order valence-electron chi connectivity index (χ4n) is 12.0. The SMILES string of the molecule is COc1c(N2CCN(Cc3oc(=O)oc3C)C(C)C2)c(F)cc2c(=O)c(C(=O)OCC(=O)C3(O)CCC4C5CCC6=CC(=O)C=CC6(C)C5C(O)CC43C)cn(C3CC3)c12. The van der Waals surface area contributed by atoms with Gasteiger partial charge >= 0.3 is 11.8 Å². The molecule has 5 aliphatic carbocycles. The van der Waals surface area contributed by atoms with Crippen molar-refractivity contribution in [2.45, 2.75) is 103 Å². The van der Waals surface area contributed by atoms with Crippen LogP contribution in [-0.4, -0.2) is 88.3 Å². The van der Waals surface area contributed by atoms with Gasteiger partial charge in [-0.05, 0) is 88.8 Å². The van der Waals surface area contributed by atoms with Crippen molar-refractivity contribution in [2.75, 3.05) is 38.3 Å². The molecule has 8 unspecified atom stereocenters. The number of ether oxygens (including phenoxy) is 2. The highest BCUT2D eigenvalue weighted by molar-refractivity contribution is 6.01. The third-order valence-corrected chi connectivity index (χ3v) is 15.3. The van der Waals surface area contributed by atoms with Gasteiger partial charge in [-0.2, -0.15) is 0 Å². The lowest BCUT2D eigenvalue weighted by Gasteiger charge is -2.59. The second kappa shape index (κ2) is 14.4. The van der Waals surface area contributed by atoms with Crippen LogP contribution in [0.25, 0.3) is 10.9 Å². The van der Waals surface area contributed by atoms with Crippen molar-refractivity contribution in [1.29, 1.82) is 0 Å². The van der Waals surface area contributed by atoms with E-state index in [0.717, 1.165) is 30.9 Å². The molecule has 1 aliphatic heterocycles. The van der Waals surface area contributed by atoms with E-state index in [4.69, 9.17) is 18.3 Å². The van der Waals surface area contributed by atoms with Gasteiger partial charge in [-0.1, -0.05) is 25.5 Å². The molecule has 320 valence electrons. The van der Waals surface area contributed by atoms with E-state index in [1.54, 1.807) is 23.6 Å². The van der Waals surface area contributed by atoms with Gasteiger partial charge in [-0.25, -0.2) is 14.0 Å². The molecular formula is C45H52FN3O11. The van der Waals surface area contributed by atoms with Gasteiger partial charge in [0.1, 0.15) is 22.6 Å². The number of pyridine rings is 1. The van der Waals surface area contributed by atoms with Crippen molar-refractivity contribution in [3.05, 3.63) is 79.8 Å². The number of aliphatic hydroxyl groups is 2. The van der Waals surface area contributed by atoms with Crippen LogP contribution in [0.4, 0.5) is 10.1 Å². The zero-order chi connectivity index (χ0) is 42.6. The van der Waals surface area contributed by atoms with Gasteiger partial charge in [0.05, 0.1) is 30.7 Å². The largest absolute Gasteiger partial charge is 0.519 e. The zero-order valence-electron chi connectivity index (χ0n) is 34.6. The van der Waals surface area contributed by atoms with Gasteiger partial charge in [0.15, 0.2) is 29.7 Å². The van der Waals surface area contributed by atoms with Crippen LogP contribution in [-0.2, 0) is 20.9 Å². The number of halogens is 1.